The lowest BCUT2D eigenvalue weighted by Gasteiger charge is -2.38. The molecule has 3 aliphatic heterocycles. The van der Waals surface area contributed by atoms with Crippen LogP contribution in [0.25, 0.3) is 0 Å². The molecule has 3 heterocycles. The molecule has 3 saturated heterocycles. The van der Waals surface area contributed by atoms with E-state index in [9.17, 15) is 9.59 Å². The van der Waals surface area contributed by atoms with E-state index >= 15 is 0 Å². The van der Waals surface area contributed by atoms with Crippen LogP contribution in [-0.2, 0) is 28.5 Å². The molecule has 3 fully saturated rings. The van der Waals surface area contributed by atoms with E-state index < -0.39 is 12.2 Å². The summed E-state index contributed by atoms with van der Waals surface area (Å²) in [6, 6.07) is -0.239. The summed E-state index contributed by atoms with van der Waals surface area (Å²) in [4.78, 5) is 23.2. The molecule has 0 aromatic heterocycles. The van der Waals surface area contributed by atoms with E-state index in [1.807, 2.05) is 6.92 Å². The van der Waals surface area contributed by atoms with Crippen molar-refractivity contribution in [2.75, 3.05) is 26.9 Å². The van der Waals surface area contributed by atoms with E-state index in [-0.39, 0.29) is 35.5 Å². The summed E-state index contributed by atoms with van der Waals surface area (Å²) in [5, 5.41) is 5.17. The first-order valence-electron chi connectivity index (χ1n) is 11.9. The average molecular weight is 479 g/mol. The topological polar surface area (TPSA) is 108 Å². The number of allylic oxidation sites excluding steroid dienone is 2. The van der Waals surface area contributed by atoms with Gasteiger partial charge in [-0.15, -0.1) is 0 Å². The number of rotatable bonds is 8. The zero-order valence-corrected chi connectivity index (χ0v) is 20.8. The number of hydrogen-bond donors (Lipinski definition) is 2. The third-order valence-electron chi connectivity index (χ3n) is 5.88. The van der Waals surface area contributed by atoms with Crippen molar-refractivity contribution in [3.63, 3.8) is 0 Å². The predicted octanol–water partition coefficient (Wildman–Crippen LogP) is 2.76. The minimum absolute atomic E-state index is 0.0114. The van der Waals surface area contributed by atoms with Crippen LogP contribution in [0.15, 0.2) is 36.0 Å². The van der Waals surface area contributed by atoms with E-state index in [1.54, 1.807) is 6.92 Å². The zero-order chi connectivity index (χ0) is 24.8. The van der Waals surface area contributed by atoms with Gasteiger partial charge in [-0.3, -0.25) is 4.79 Å². The normalized spacial score (nSPS) is 32.0. The predicted molar refractivity (Wildman–Crippen MR) is 126 cm³/mol. The Hall–Kier alpha value is -2.20. The van der Waals surface area contributed by atoms with Crippen LogP contribution in [0.5, 0.6) is 0 Å². The highest BCUT2D eigenvalue weighted by Gasteiger charge is 2.53. The van der Waals surface area contributed by atoms with Crippen molar-refractivity contribution in [2.45, 2.75) is 82.7 Å². The highest BCUT2D eigenvalue weighted by molar-refractivity contribution is 5.87. The fraction of sp³-hybridized carbons (Fsp3) is 0.680. The van der Waals surface area contributed by atoms with Gasteiger partial charge in [0.2, 0.25) is 5.91 Å². The van der Waals surface area contributed by atoms with Gasteiger partial charge >= 0.3 is 6.09 Å². The zero-order valence-electron chi connectivity index (χ0n) is 20.8. The molecule has 0 aromatic rings. The van der Waals surface area contributed by atoms with Gasteiger partial charge < -0.3 is 34.3 Å². The molecule has 0 saturated carbocycles. The van der Waals surface area contributed by atoms with Gasteiger partial charge in [0, 0.05) is 32.4 Å². The van der Waals surface area contributed by atoms with E-state index in [0.717, 1.165) is 25.0 Å². The molecule has 9 nitrogen and oxygen atoms in total. The van der Waals surface area contributed by atoms with E-state index in [1.165, 1.54) is 19.2 Å². The van der Waals surface area contributed by atoms with Crippen molar-refractivity contribution < 1.29 is 33.3 Å². The number of nitrogens with one attached hydrogen (secondary N) is 2. The van der Waals surface area contributed by atoms with Crippen LogP contribution in [0, 0.1) is 0 Å². The highest BCUT2D eigenvalue weighted by atomic mass is 16.7. The Balaban J connectivity index is 1.35. The van der Waals surface area contributed by atoms with Gasteiger partial charge in [-0.25, -0.2) is 4.79 Å². The molecule has 2 amide bonds. The van der Waals surface area contributed by atoms with Crippen LogP contribution in [0.3, 0.4) is 0 Å². The highest BCUT2D eigenvalue weighted by Crippen LogP contribution is 2.46. The molecule has 0 unspecified atom stereocenters. The fourth-order valence-electron chi connectivity index (χ4n) is 4.25. The molecule has 0 aliphatic carbocycles. The summed E-state index contributed by atoms with van der Waals surface area (Å²) in [6.45, 7) is 9.51. The van der Waals surface area contributed by atoms with Crippen LogP contribution in [-0.4, -0.2) is 74.6 Å². The molecule has 3 aliphatic rings. The van der Waals surface area contributed by atoms with Crippen molar-refractivity contribution in [2.24, 2.45) is 0 Å². The largest absolute Gasteiger partial charge is 0.442 e. The second-order valence-corrected chi connectivity index (χ2v) is 9.83. The number of carbonyl (C=O) groups excluding carboxylic acids is 2. The van der Waals surface area contributed by atoms with E-state index in [0.29, 0.717) is 19.6 Å². The Bertz CT molecular complexity index is 802. The van der Waals surface area contributed by atoms with Crippen molar-refractivity contribution >= 4 is 12.0 Å². The van der Waals surface area contributed by atoms with Gasteiger partial charge in [-0.2, -0.15) is 0 Å². The van der Waals surface area contributed by atoms with Gasteiger partial charge in [0.05, 0.1) is 43.2 Å². The molecule has 3 rings (SSSR count). The summed E-state index contributed by atoms with van der Waals surface area (Å²) < 4.78 is 28.4. The standard InChI is InChI=1S/C25H38N2O7/c1-17(6-9-20-12-25(16-32-25)15-24(3,4)34-20)7-11-22-30-13-19(14-31-22)27-21(28)10-8-18(2)33-23(29)26-5/h6-10,18-20,22H,11-16H2,1-5H3,(H,26,29)(H,27,28)/b9-6+,10-8-,17-7+/t18-,19-,20+,22+,25+/m0/s1. The maximum absolute atomic E-state index is 12.1. The third kappa shape index (κ3) is 8.54. The molecule has 190 valence electrons. The first kappa shape index (κ1) is 26.4. The lowest BCUT2D eigenvalue weighted by atomic mass is 9.85. The Morgan fingerprint density at radius 3 is 2.56 bits per heavy atom. The lowest BCUT2D eigenvalue weighted by molar-refractivity contribution is -0.187. The summed E-state index contributed by atoms with van der Waals surface area (Å²) in [5.41, 5.74) is 0.945. The molecule has 9 heteroatoms. The van der Waals surface area contributed by atoms with Crippen LogP contribution in [0.1, 0.15) is 47.0 Å². The van der Waals surface area contributed by atoms with Crippen molar-refractivity contribution in [1.29, 1.82) is 0 Å². The SMILES string of the molecule is CNC(=O)O[C@@H](C)/C=C\C(=O)N[C@H]1CO[C@@H](C/C=C(C)/C=C/[C@@H]2C[C@]3(CO3)CC(C)(C)O2)OC1. The van der Waals surface area contributed by atoms with Crippen LogP contribution in [0.4, 0.5) is 4.79 Å². The van der Waals surface area contributed by atoms with Gasteiger partial charge in [0.15, 0.2) is 6.29 Å². The summed E-state index contributed by atoms with van der Waals surface area (Å²) in [6.07, 6.45) is 10.2. The van der Waals surface area contributed by atoms with Crippen LogP contribution >= 0.6 is 0 Å². The minimum Gasteiger partial charge on any atom is -0.442 e. The van der Waals surface area contributed by atoms with Gasteiger partial charge in [0.25, 0.3) is 0 Å². The number of epoxide rings is 1. The Morgan fingerprint density at radius 1 is 1.21 bits per heavy atom. The Morgan fingerprint density at radius 2 is 1.91 bits per heavy atom. The fourth-order valence-corrected chi connectivity index (χ4v) is 4.25. The van der Waals surface area contributed by atoms with Gasteiger partial charge in [-0.1, -0.05) is 23.8 Å². The number of ether oxygens (including phenoxy) is 5. The average Bonchev–Trinajstić information content (AvgIpc) is 3.51. The van der Waals surface area contributed by atoms with E-state index in [4.69, 9.17) is 23.7 Å². The van der Waals surface area contributed by atoms with Crippen molar-refractivity contribution in [3.8, 4) is 0 Å². The van der Waals surface area contributed by atoms with E-state index in [2.05, 4.69) is 42.7 Å². The summed E-state index contributed by atoms with van der Waals surface area (Å²) in [7, 11) is 1.47. The molecule has 3 atom stereocenters. The minimum atomic E-state index is -0.551. The second kappa shape index (κ2) is 11.5. The molecule has 34 heavy (non-hydrogen) atoms. The Kier molecular flexibility index (Phi) is 8.92. The lowest BCUT2D eigenvalue weighted by Crippen LogP contribution is -2.46. The Labute approximate surface area is 201 Å². The third-order valence-corrected chi connectivity index (χ3v) is 5.88. The molecular weight excluding hydrogens is 440 g/mol. The van der Waals surface area contributed by atoms with Gasteiger partial charge in [0.1, 0.15) is 6.10 Å². The number of amides is 2. The first-order valence-corrected chi connectivity index (χ1v) is 11.9. The number of carbonyl (C=O) groups is 2. The smallest absolute Gasteiger partial charge is 0.407 e. The molecule has 0 bridgehead atoms. The quantitative estimate of drug-likeness (QED) is 0.314. The van der Waals surface area contributed by atoms with Crippen LogP contribution in [0.2, 0.25) is 0 Å². The molecule has 0 radical (unpaired) electrons. The maximum atomic E-state index is 12.1. The molecular formula is C25H38N2O7. The molecule has 1 spiro atoms. The number of alkyl carbamates (subject to hydrolysis) is 1. The molecule has 2 N–H and O–H groups in total. The monoisotopic (exact) mass is 478 g/mol. The molecule has 0 aromatic carbocycles. The summed E-state index contributed by atoms with van der Waals surface area (Å²) >= 11 is 0. The van der Waals surface area contributed by atoms with Gasteiger partial charge in [-0.05, 0) is 33.8 Å². The second-order valence-electron chi connectivity index (χ2n) is 9.83. The van der Waals surface area contributed by atoms with Crippen molar-refractivity contribution in [1.82, 2.24) is 10.6 Å². The number of hydrogen-bond acceptors (Lipinski definition) is 7. The first-order chi connectivity index (χ1) is 16.1. The maximum Gasteiger partial charge on any atom is 0.407 e. The summed E-state index contributed by atoms with van der Waals surface area (Å²) in [5.74, 6) is -0.296. The van der Waals surface area contributed by atoms with Crippen molar-refractivity contribution in [3.05, 3.63) is 36.0 Å². The van der Waals surface area contributed by atoms with Crippen LogP contribution < -0.4 is 10.6 Å².